The zero-order valence-electron chi connectivity index (χ0n) is 11.2. The van der Waals surface area contributed by atoms with E-state index in [9.17, 15) is 4.79 Å². The van der Waals surface area contributed by atoms with Crippen LogP contribution in [0.3, 0.4) is 0 Å². The lowest BCUT2D eigenvalue weighted by atomic mass is 9.95. The molecule has 0 N–H and O–H groups in total. The van der Waals surface area contributed by atoms with Crippen molar-refractivity contribution in [3.05, 3.63) is 0 Å². The highest BCUT2D eigenvalue weighted by atomic mass is 16.5. The van der Waals surface area contributed by atoms with Gasteiger partial charge in [0.2, 0.25) is 0 Å². The van der Waals surface area contributed by atoms with Gasteiger partial charge >= 0.3 is 5.97 Å². The van der Waals surface area contributed by atoms with Crippen LogP contribution in [0.15, 0.2) is 0 Å². The predicted octanol–water partition coefficient (Wildman–Crippen LogP) is 2.59. The summed E-state index contributed by atoms with van der Waals surface area (Å²) in [6, 6.07) is 0.583. The van der Waals surface area contributed by atoms with E-state index in [4.69, 9.17) is 4.74 Å². The van der Waals surface area contributed by atoms with Crippen LogP contribution in [0.2, 0.25) is 0 Å². The summed E-state index contributed by atoms with van der Waals surface area (Å²) < 4.78 is 5.15. The van der Waals surface area contributed by atoms with Crippen LogP contribution in [0.4, 0.5) is 0 Å². The molecule has 1 saturated heterocycles. The van der Waals surface area contributed by atoms with Gasteiger partial charge < -0.3 is 4.74 Å². The SMILES string of the molecule is CCOC(=O)C(C)N1CCCC1C1CCCC1. The summed E-state index contributed by atoms with van der Waals surface area (Å²) in [5, 5.41) is 0. The average molecular weight is 239 g/mol. The van der Waals surface area contributed by atoms with E-state index in [-0.39, 0.29) is 12.0 Å². The van der Waals surface area contributed by atoms with Crippen molar-refractivity contribution in [2.75, 3.05) is 13.2 Å². The minimum atomic E-state index is -0.0527. The topological polar surface area (TPSA) is 29.5 Å². The van der Waals surface area contributed by atoms with Crippen molar-refractivity contribution in [3.8, 4) is 0 Å². The lowest BCUT2D eigenvalue weighted by Gasteiger charge is -2.32. The first-order chi connectivity index (χ1) is 8.24. The number of rotatable bonds is 4. The summed E-state index contributed by atoms with van der Waals surface area (Å²) in [5.41, 5.74) is 0. The van der Waals surface area contributed by atoms with Crippen LogP contribution >= 0.6 is 0 Å². The van der Waals surface area contributed by atoms with Gasteiger partial charge in [-0.05, 0) is 52.0 Å². The molecule has 2 aliphatic rings. The van der Waals surface area contributed by atoms with Gasteiger partial charge in [-0.3, -0.25) is 9.69 Å². The molecule has 0 spiro atoms. The number of esters is 1. The molecule has 2 unspecified atom stereocenters. The second-order valence-electron chi connectivity index (χ2n) is 5.42. The van der Waals surface area contributed by atoms with Crippen molar-refractivity contribution < 1.29 is 9.53 Å². The molecule has 98 valence electrons. The Morgan fingerprint density at radius 3 is 2.65 bits per heavy atom. The van der Waals surface area contributed by atoms with Gasteiger partial charge in [0.1, 0.15) is 6.04 Å². The maximum atomic E-state index is 11.8. The van der Waals surface area contributed by atoms with E-state index in [1.807, 2.05) is 13.8 Å². The normalized spacial score (nSPS) is 28.5. The third kappa shape index (κ3) is 2.82. The van der Waals surface area contributed by atoms with Crippen LogP contribution in [-0.4, -0.2) is 36.1 Å². The Kier molecular flexibility index (Phi) is 4.43. The Morgan fingerprint density at radius 1 is 1.29 bits per heavy atom. The number of carbonyl (C=O) groups is 1. The summed E-state index contributed by atoms with van der Waals surface area (Å²) in [5.74, 6) is 0.784. The molecule has 1 heterocycles. The first-order valence-corrected chi connectivity index (χ1v) is 7.16. The van der Waals surface area contributed by atoms with Crippen molar-refractivity contribution in [2.45, 2.75) is 64.5 Å². The van der Waals surface area contributed by atoms with Crippen molar-refractivity contribution in [1.82, 2.24) is 4.90 Å². The standard InChI is InChI=1S/C14H25NO2/c1-3-17-14(16)11(2)15-10-6-9-13(15)12-7-4-5-8-12/h11-13H,3-10H2,1-2H3. The average Bonchev–Trinajstić information content (AvgIpc) is 2.98. The zero-order valence-corrected chi connectivity index (χ0v) is 11.2. The molecule has 1 aliphatic heterocycles. The van der Waals surface area contributed by atoms with E-state index >= 15 is 0 Å². The molecule has 0 amide bonds. The first-order valence-electron chi connectivity index (χ1n) is 7.16. The van der Waals surface area contributed by atoms with E-state index in [0.717, 1.165) is 12.5 Å². The molecule has 0 aromatic rings. The van der Waals surface area contributed by atoms with Crippen LogP contribution in [0.25, 0.3) is 0 Å². The molecular formula is C14H25NO2. The maximum absolute atomic E-state index is 11.8. The second kappa shape index (κ2) is 5.85. The van der Waals surface area contributed by atoms with Gasteiger partial charge in [-0.1, -0.05) is 12.8 Å². The molecule has 17 heavy (non-hydrogen) atoms. The Morgan fingerprint density at radius 2 is 2.00 bits per heavy atom. The number of hydrogen-bond acceptors (Lipinski definition) is 3. The van der Waals surface area contributed by atoms with Gasteiger partial charge in [-0.2, -0.15) is 0 Å². The van der Waals surface area contributed by atoms with E-state index in [0.29, 0.717) is 12.6 Å². The highest BCUT2D eigenvalue weighted by molar-refractivity contribution is 5.75. The number of likely N-dealkylation sites (tertiary alicyclic amines) is 1. The van der Waals surface area contributed by atoms with Crippen LogP contribution in [0.1, 0.15) is 52.4 Å². The second-order valence-corrected chi connectivity index (χ2v) is 5.42. The van der Waals surface area contributed by atoms with E-state index in [2.05, 4.69) is 4.90 Å². The highest BCUT2D eigenvalue weighted by Crippen LogP contribution is 2.36. The fourth-order valence-electron chi connectivity index (χ4n) is 3.54. The molecule has 0 aromatic carbocycles. The summed E-state index contributed by atoms with van der Waals surface area (Å²) in [6.07, 6.45) is 7.98. The van der Waals surface area contributed by atoms with Crippen molar-refractivity contribution >= 4 is 5.97 Å². The largest absolute Gasteiger partial charge is 0.465 e. The van der Waals surface area contributed by atoms with E-state index < -0.39 is 0 Å². The lowest BCUT2D eigenvalue weighted by Crippen LogP contribution is -2.45. The van der Waals surface area contributed by atoms with Crippen LogP contribution < -0.4 is 0 Å². The Bertz CT molecular complexity index is 261. The van der Waals surface area contributed by atoms with Gasteiger partial charge in [-0.25, -0.2) is 0 Å². The van der Waals surface area contributed by atoms with Gasteiger partial charge in [0, 0.05) is 6.04 Å². The van der Waals surface area contributed by atoms with Gasteiger partial charge in [0.15, 0.2) is 0 Å². The van der Waals surface area contributed by atoms with Gasteiger partial charge in [0.05, 0.1) is 6.61 Å². The van der Waals surface area contributed by atoms with E-state index in [1.54, 1.807) is 0 Å². The number of ether oxygens (including phenoxy) is 1. The molecule has 0 aromatic heterocycles. The monoisotopic (exact) mass is 239 g/mol. The molecular weight excluding hydrogens is 214 g/mol. The molecule has 0 bridgehead atoms. The number of hydrogen-bond donors (Lipinski definition) is 0. The van der Waals surface area contributed by atoms with E-state index in [1.165, 1.54) is 38.5 Å². The minimum Gasteiger partial charge on any atom is -0.465 e. The molecule has 2 fully saturated rings. The minimum absolute atomic E-state index is 0.0441. The fraction of sp³-hybridized carbons (Fsp3) is 0.929. The predicted molar refractivity (Wildman–Crippen MR) is 67.8 cm³/mol. The summed E-state index contributed by atoms with van der Waals surface area (Å²) in [6.45, 7) is 5.45. The Labute approximate surface area is 105 Å². The summed E-state index contributed by atoms with van der Waals surface area (Å²) in [7, 11) is 0. The molecule has 3 heteroatoms. The highest BCUT2D eigenvalue weighted by Gasteiger charge is 2.37. The quantitative estimate of drug-likeness (QED) is 0.706. The Hall–Kier alpha value is -0.570. The van der Waals surface area contributed by atoms with Crippen LogP contribution in [0.5, 0.6) is 0 Å². The zero-order chi connectivity index (χ0) is 12.3. The molecule has 1 saturated carbocycles. The molecule has 2 rings (SSSR count). The summed E-state index contributed by atoms with van der Waals surface area (Å²) >= 11 is 0. The van der Waals surface area contributed by atoms with Gasteiger partial charge in [0.25, 0.3) is 0 Å². The molecule has 3 nitrogen and oxygen atoms in total. The van der Waals surface area contributed by atoms with Crippen molar-refractivity contribution in [3.63, 3.8) is 0 Å². The van der Waals surface area contributed by atoms with Crippen molar-refractivity contribution in [1.29, 1.82) is 0 Å². The van der Waals surface area contributed by atoms with Crippen molar-refractivity contribution in [2.24, 2.45) is 5.92 Å². The third-order valence-electron chi connectivity index (χ3n) is 4.41. The molecule has 0 radical (unpaired) electrons. The maximum Gasteiger partial charge on any atom is 0.323 e. The molecule has 2 atom stereocenters. The number of carbonyl (C=O) groups excluding carboxylic acids is 1. The fourth-order valence-corrected chi connectivity index (χ4v) is 3.54. The first kappa shape index (κ1) is 12.9. The molecule has 1 aliphatic carbocycles. The Balaban J connectivity index is 1.95. The van der Waals surface area contributed by atoms with Gasteiger partial charge in [-0.15, -0.1) is 0 Å². The smallest absolute Gasteiger partial charge is 0.323 e. The third-order valence-corrected chi connectivity index (χ3v) is 4.41. The van der Waals surface area contributed by atoms with Crippen LogP contribution in [-0.2, 0) is 9.53 Å². The number of nitrogens with zero attached hydrogens (tertiary/aromatic N) is 1. The lowest BCUT2D eigenvalue weighted by molar-refractivity contribution is -0.149. The summed E-state index contributed by atoms with van der Waals surface area (Å²) in [4.78, 5) is 14.2. The van der Waals surface area contributed by atoms with Crippen LogP contribution in [0, 0.1) is 5.92 Å².